The molecule has 0 aromatic carbocycles. The summed E-state index contributed by atoms with van der Waals surface area (Å²) in [6, 6.07) is 0. The van der Waals surface area contributed by atoms with E-state index in [9.17, 15) is 4.79 Å². The molecule has 0 saturated carbocycles. The number of hydrogen-bond donors (Lipinski definition) is 0. The molecule has 1 rings (SSSR count). The van der Waals surface area contributed by atoms with Gasteiger partial charge in [0.1, 0.15) is 5.25 Å². The molecule has 1 heterocycles. The lowest BCUT2D eigenvalue weighted by Gasteiger charge is -2.25. The second-order valence-electron chi connectivity index (χ2n) is 4.61. The standard InChI is InChI=1S/C13H24O2S/c1-4-6-7-8-9-10-13(5-2)15-12(14)11(3)16-13/h11H,4-10H2,1-3H3. The van der Waals surface area contributed by atoms with Gasteiger partial charge in [-0.25, -0.2) is 0 Å². The lowest BCUT2D eigenvalue weighted by Crippen LogP contribution is -2.24. The Hall–Kier alpha value is -0.180. The number of carbonyl (C=O) groups excluding carboxylic acids is 1. The highest BCUT2D eigenvalue weighted by Gasteiger charge is 2.43. The van der Waals surface area contributed by atoms with E-state index in [1.54, 1.807) is 11.8 Å². The molecule has 0 aromatic rings. The van der Waals surface area contributed by atoms with Crippen molar-refractivity contribution in [2.45, 2.75) is 75.9 Å². The second-order valence-corrected chi connectivity index (χ2v) is 6.30. The Morgan fingerprint density at radius 3 is 2.44 bits per heavy atom. The molecular weight excluding hydrogens is 220 g/mol. The molecule has 0 aromatic heterocycles. The summed E-state index contributed by atoms with van der Waals surface area (Å²) < 4.78 is 5.54. The molecule has 2 unspecified atom stereocenters. The van der Waals surface area contributed by atoms with E-state index in [0.717, 1.165) is 12.8 Å². The molecule has 1 aliphatic heterocycles. The summed E-state index contributed by atoms with van der Waals surface area (Å²) >= 11 is 1.71. The molecule has 0 N–H and O–H groups in total. The van der Waals surface area contributed by atoms with Crippen molar-refractivity contribution >= 4 is 17.7 Å². The fourth-order valence-electron chi connectivity index (χ4n) is 2.10. The summed E-state index contributed by atoms with van der Waals surface area (Å²) in [6.07, 6.45) is 8.31. The number of unbranched alkanes of at least 4 members (excludes halogenated alkanes) is 4. The van der Waals surface area contributed by atoms with Gasteiger partial charge in [-0.3, -0.25) is 4.79 Å². The van der Waals surface area contributed by atoms with Gasteiger partial charge in [-0.15, -0.1) is 0 Å². The maximum Gasteiger partial charge on any atom is 0.320 e. The molecule has 16 heavy (non-hydrogen) atoms. The number of esters is 1. The summed E-state index contributed by atoms with van der Waals surface area (Å²) in [5.74, 6) is -0.0274. The Morgan fingerprint density at radius 1 is 1.25 bits per heavy atom. The van der Waals surface area contributed by atoms with E-state index in [1.165, 1.54) is 32.1 Å². The monoisotopic (exact) mass is 244 g/mol. The number of carbonyl (C=O) groups is 1. The Bertz CT molecular complexity index is 230. The van der Waals surface area contributed by atoms with Crippen LogP contribution in [0.5, 0.6) is 0 Å². The van der Waals surface area contributed by atoms with Crippen LogP contribution in [0.25, 0.3) is 0 Å². The van der Waals surface area contributed by atoms with Crippen LogP contribution in [0.4, 0.5) is 0 Å². The molecule has 1 aliphatic rings. The second kappa shape index (κ2) is 6.53. The number of hydrogen-bond acceptors (Lipinski definition) is 3. The summed E-state index contributed by atoms with van der Waals surface area (Å²) in [6.45, 7) is 6.29. The fraction of sp³-hybridized carbons (Fsp3) is 0.923. The van der Waals surface area contributed by atoms with Gasteiger partial charge in [0.15, 0.2) is 4.93 Å². The third-order valence-corrected chi connectivity index (χ3v) is 4.76. The molecular formula is C13H24O2S. The molecule has 0 amide bonds. The molecule has 94 valence electrons. The average molecular weight is 244 g/mol. The van der Waals surface area contributed by atoms with Crippen molar-refractivity contribution in [1.29, 1.82) is 0 Å². The predicted octanol–water partition coefficient (Wildman–Crippen LogP) is 4.13. The van der Waals surface area contributed by atoms with Crippen LogP contribution in [-0.2, 0) is 9.53 Å². The number of rotatable bonds is 7. The summed E-state index contributed by atoms with van der Waals surface area (Å²) in [7, 11) is 0. The maximum absolute atomic E-state index is 11.4. The molecule has 3 heteroatoms. The summed E-state index contributed by atoms with van der Waals surface area (Å²) in [5.41, 5.74) is 0. The Balaban J connectivity index is 2.29. The van der Waals surface area contributed by atoms with Gasteiger partial charge >= 0.3 is 5.97 Å². The minimum atomic E-state index is -0.206. The first-order valence-corrected chi connectivity index (χ1v) is 7.42. The Labute approximate surface area is 104 Å². The first-order valence-electron chi connectivity index (χ1n) is 6.54. The minimum Gasteiger partial charge on any atom is -0.447 e. The number of cyclic esters (lactones) is 1. The summed E-state index contributed by atoms with van der Waals surface area (Å²) in [5, 5.41) is 0.0237. The van der Waals surface area contributed by atoms with Gasteiger partial charge in [-0.2, -0.15) is 0 Å². The van der Waals surface area contributed by atoms with Crippen molar-refractivity contribution in [3.8, 4) is 0 Å². The van der Waals surface area contributed by atoms with Crippen LogP contribution >= 0.6 is 11.8 Å². The quantitative estimate of drug-likeness (QED) is 0.497. The lowest BCUT2D eigenvalue weighted by atomic mass is 10.1. The van der Waals surface area contributed by atoms with E-state index < -0.39 is 0 Å². The van der Waals surface area contributed by atoms with E-state index >= 15 is 0 Å². The van der Waals surface area contributed by atoms with E-state index in [4.69, 9.17) is 4.74 Å². The largest absolute Gasteiger partial charge is 0.447 e. The van der Waals surface area contributed by atoms with Gasteiger partial charge in [0.05, 0.1) is 0 Å². The molecule has 0 radical (unpaired) electrons. The highest BCUT2D eigenvalue weighted by molar-refractivity contribution is 8.02. The first-order chi connectivity index (χ1) is 7.63. The third-order valence-electron chi connectivity index (χ3n) is 3.21. The van der Waals surface area contributed by atoms with Crippen LogP contribution in [0.1, 0.15) is 65.7 Å². The van der Waals surface area contributed by atoms with Crippen LogP contribution < -0.4 is 0 Å². The average Bonchev–Trinajstić information content (AvgIpc) is 2.55. The molecule has 2 atom stereocenters. The van der Waals surface area contributed by atoms with Crippen molar-refractivity contribution in [3.05, 3.63) is 0 Å². The summed E-state index contributed by atoms with van der Waals surface area (Å²) in [4.78, 5) is 11.2. The van der Waals surface area contributed by atoms with Crippen molar-refractivity contribution in [3.63, 3.8) is 0 Å². The van der Waals surface area contributed by atoms with E-state index in [2.05, 4.69) is 13.8 Å². The lowest BCUT2D eigenvalue weighted by molar-refractivity contribution is -0.148. The minimum absolute atomic E-state index is 0.0237. The maximum atomic E-state index is 11.4. The topological polar surface area (TPSA) is 26.3 Å². The zero-order chi connectivity index (χ0) is 12.0. The molecule has 1 fully saturated rings. The fourth-order valence-corrected chi connectivity index (χ4v) is 3.45. The smallest absolute Gasteiger partial charge is 0.320 e. The van der Waals surface area contributed by atoms with Crippen LogP contribution in [0, 0.1) is 0 Å². The van der Waals surface area contributed by atoms with Crippen LogP contribution in [0.2, 0.25) is 0 Å². The molecule has 0 spiro atoms. The van der Waals surface area contributed by atoms with Gasteiger partial charge < -0.3 is 4.74 Å². The normalized spacial score (nSPS) is 29.4. The van der Waals surface area contributed by atoms with Gasteiger partial charge in [-0.1, -0.05) is 51.3 Å². The van der Waals surface area contributed by atoms with Crippen molar-refractivity contribution < 1.29 is 9.53 Å². The molecule has 0 bridgehead atoms. The van der Waals surface area contributed by atoms with Crippen LogP contribution in [0.3, 0.4) is 0 Å². The zero-order valence-corrected chi connectivity index (χ0v) is 11.6. The van der Waals surface area contributed by atoms with Crippen molar-refractivity contribution in [1.82, 2.24) is 0 Å². The van der Waals surface area contributed by atoms with Crippen molar-refractivity contribution in [2.24, 2.45) is 0 Å². The van der Waals surface area contributed by atoms with Crippen LogP contribution in [0.15, 0.2) is 0 Å². The SMILES string of the molecule is CCCCCCCC1(CC)OC(=O)C(C)S1. The van der Waals surface area contributed by atoms with Crippen LogP contribution in [-0.4, -0.2) is 16.2 Å². The molecule has 2 nitrogen and oxygen atoms in total. The zero-order valence-electron chi connectivity index (χ0n) is 10.8. The molecule has 0 aliphatic carbocycles. The van der Waals surface area contributed by atoms with Gasteiger partial charge in [0.2, 0.25) is 0 Å². The Kier molecular flexibility index (Phi) is 5.67. The number of thioether (sulfide) groups is 1. The van der Waals surface area contributed by atoms with Crippen molar-refractivity contribution in [2.75, 3.05) is 0 Å². The van der Waals surface area contributed by atoms with Gasteiger partial charge in [-0.05, 0) is 26.2 Å². The number of ether oxygens (including phenoxy) is 1. The Morgan fingerprint density at radius 2 is 1.94 bits per heavy atom. The highest BCUT2D eigenvalue weighted by Crippen LogP contribution is 2.44. The predicted molar refractivity (Wildman–Crippen MR) is 69.5 cm³/mol. The van der Waals surface area contributed by atoms with E-state index in [1.807, 2.05) is 6.92 Å². The van der Waals surface area contributed by atoms with E-state index in [-0.39, 0.29) is 16.2 Å². The highest BCUT2D eigenvalue weighted by atomic mass is 32.2. The van der Waals surface area contributed by atoms with Gasteiger partial charge in [0.25, 0.3) is 0 Å². The molecule has 1 saturated heterocycles. The first kappa shape index (κ1) is 13.9. The van der Waals surface area contributed by atoms with Gasteiger partial charge in [0, 0.05) is 0 Å². The third kappa shape index (κ3) is 3.69. The van der Waals surface area contributed by atoms with E-state index in [0.29, 0.717) is 0 Å².